The van der Waals surface area contributed by atoms with Crippen LogP contribution in [0, 0.1) is 0 Å². The number of anilines is 1. The molecule has 1 heterocycles. The van der Waals surface area contributed by atoms with Gasteiger partial charge in [0, 0.05) is 30.9 Å². The molecule has 5 heteroatoms. The second-order valence-electron chi connectivity index (χ2n) is 5.83. The van der Waals surface area contributed by atoms with E-state index in [1.54, 1.807) is 0 Å². The minimum atomic E-state index is 0.0697. The number of nitrogens with one attached hydrogen (secondary N) is 1. The van der Waals surface area contributed by atoms with Crippen LogP contribution < -0.4 is 16.0 Å². The number of nitrogens with two attached hydrogens (primary N) is 1. The molecule has 108 valence electrons. The third-order valence-corrected chi connectivity index (χ3v) is 4.01. The van der Waals surface area contributed by atoms with E-state index in [4.69, 9.17) is 10.7 Å². The van der Waals surface area contributed by atoms with Crippen molar-refractivity contribution in [3.05, 3.63) is 22.9 Å². The summed E-state index contributed by atoms with van der Waals surface area (Å²) in [6.45, 7) is 0.805. The standard InChI is InChI=1S/C15H22N4O/c1-19(9-14(20)17-12-5-6-12)15-11(8-16)7-10-3-2-4-13(10)18-15/h7,12H,2-6,8-9,16H2,1H3,(H,17,20). The Morgan fingerprint density at radius 2 is 2.30 bits per heavy atom. The topological polar surface area (TPSA) is 71.2 Å². The summed E-state index contributed by atoms with van der Waals surface area (Å²) >= 11 is 0. The first-order valence-corrected chi connectivity index (χ1v) is 7.39. The molecule has 1 amide bonds. The normalized spacial score (nSPS) is 16.9. The Morgan fingerprint density at radius 3 is 3.00 bits per heavy atom. The van der Waals surface area contributed by atoms with Gasteiger partial charge in [0.05, 0.1) is 6.54 Å². The molecule has 2 aliphatic rings. The fourth-order valence-corrected chi connectivity index (χ4v) is 2.78. The maximum absolute atomic E-state index is 11.9. The highest BCUT2D eigenvalue weighted by Gasteiger charge is 2.24. The van der Waals surface area contributed by atoms with Crippen LogP contribution in [0.15, 0.2) is 6.07 Å². The number of hydrogen-bond donors (Lipinski definition) is 2. The number of likely N-dealkylation sites (N-methyl/N-ethyl adjacent to an activating group) is 1. The molecule has 3 N–H and O–H groups in total. The highest BCUT2D eigenvalue weighted by Crippen LogP contribution is 2.26. The minimum absolute atomic E-state index is 0.0697. The van der Waals surface area contributed by atoms with Crippen molar-refractivity contribution in [1.29, 1.82) is 0 Å². The monoisotopic (exact) mass is 274 g/mol. The summed E-state index contributed by atoms with van der Waals surface area (Å²) in [5.41, 5.74) is 9.37. The molecule has 1 saturated carbocycles. The van der Waals surface area contributed by atoms with E-state index >= 15 is 0 Å². The molecule has 0 atom stereocenters. The Morgan fingerprint density at radius 1 is 1.50 bits per heavy atom. The van der Waals surface area contributed by atoms with Gasteiger partial charge in [-0.05, 0) is 43.7 Å². The van der Waals surface area contributed by atoms with Crippen LogP contribution in [-0.2, 0) is 24.2 Å². The van der Waals surface area contributed by atoms with Crippen molar-refractivity contribution >= 4 is 11.7 Å². The van der Waals surface area contributed by atoms with Gasteiger partial charge in [0.25, 0.3) is 0 Å². The third-order valence-electron chi connectivity index (χ3n) is 4.01. The number of fused-ring (bicyclic) bond motifs is 1. The summed E-state index contributed by atoms with van der Waals surface area (Å²) in [6, 6.07) is 2.57. The average Bonchev–Trinajstić information content (AvgIpc) is 3.11. The van der Waals surface area contributed by atoms with Crippen molar-refractivity contribution in [1.82, 2.24) is 10.3 Å². The molecule has 3 rings (SSSR count). The molecular formula is C15H22N4O. The van der Waals surface area contributed by atoms with Gasteiger partial charge in [-0.1, -0.05) is 0 Å². The molecule has 0 unspecified atom stereocenters. The number of carbonyl (C=O) groups excluding carboxylic acids is 1. The molecule has 1 fully saturated rings. The van der Waals surface area contributed by atoms with Gasteiger partial charge in [0.2, 0.25) is 5.91 Å². The first-order chi connectivity index (χ1) is 9.67. The number of aromatic nitrogens is 1. The van der Waals surface area contributed by atoms with Crippen LogP contribution in [-0.4, -0.2) is 30.5 Å². The van der Waals surface area contributed by atoms with Gasteiger partial charge in [-0.15, -0.1) is 0 Å². The molecule has 0 saturated heterocycles. The van der Waals surface area contributed by atoms with E-state index in [9.17, 15) is 4.79 Å². The molecular weight excluding hydrogens is 252 g/mol. The van der Waals surface area contributed by atoms with Gasteiger partial charge in [-0.3, -0.25) is 4.79 Å². The van der Waals surface area contributed by atoms with Crippen LogP contribution >= 0.6 is 0 Å². The second-order valence-corrected chi connectivity index (χ2v) is 5.83. The van der Waals surface area contributed by atoms with Gasteiger partial charge in [0.1, 0.15) is 5.82 Å². The van der Waals surface area contributed by atoms with Crippen LogP contribution in [0.1, 0.15) is 36.1 Å². The van der Waals surface area contributed by atoms with Crippen LogP contribution in [0.25, 0.3) is 0 Å². The average molecular weight is 274 g/mol. The number of aryl methyl sites for hydroxylation is 2. The molecule has 0 spiro atoms. The maximum Gasteiger partial charge on any atom is 0.239 e. The van der Waals surface area contributed by atoms with E-state index in [2.05, 4.69) is 11.4 Å². The number of hydrogen-bond acceptors (Lipinski definition) is 4. The first-order valence-electron chi connectivity index (χ1n) is 7.39. The molecule has 0 bridgehead atoms. The number of nitrogens with zero attached hydrogens (tertiary/aromatic N) is 2. The number of amides is 1. The van der Waals surface area contributed by atoms with Crippen LogP contribution in [0.4, 0.5) is 5.82 Å². The van der Waals surface area contributed by atoms with Gasteiger partial charge < -0.3 is 16.0 Å². The van der Waals surface area contributed by atoms with E-state index in [0.29, 0.717) is 19.1 Å². The molecule has 0 aliphatic heterocycles. The summed E-state index contributed by atoms with van der Waals surface area (Å²) in [5.74, 6) is 0.930. The lowest BCUT2D eigenvalue weighted by Crippen LogP contribution is -2.37. The fourth-order valence-electron chi connectivity index (χ4n) is 2.78. The lowest BCUT2D eigenvalue weighted by molar-refractivity contribution is -0.119. The second kappa shape index (κ2) is 5.40. The zero-order valence-corrected chi connectivity index (χ0v) is 12.0. The van der Waals surface area contributed by atoms with Gasteiger partial charge >= 0.3 is 0 Å². The summed E-state index contributed by atoms with van der Waals surface area (Å²) in [4.78, 5) is 18.6. The predicted molar refractivity (Wildman–Crippen MR) is 78.6 cm³/mol. The smallest absolute Gasteiger partial charge is 0.239 e. The first kappa shape index (κ1) is 13.4. The quantitative estimate of drug-likeness (QED) is 0.831. The van der Waals surface area contributed by atoms with E-state index in [1.807, 2.05) is 11.9 Å². The number of pyridine rings is 1. The van der Waals surface area contributed by atoms with Crippen molar-refractivity contribution in [2.75, 3.05) is 18.5 Å². The van der Waals surface area contributed by atoms with Crippen molar-refractivity contribution in [2.24, 2.45) is 5.73 Å². The molecule has 1 aromatic heterocycles. The molecule has 2 aliphatic carbocycles. The van der Waals surface area contributed by atoms with E-state index in [1.165, 1.54) is 17.7 Å². The van der Waals surface area contributed by atoms with Crippen LogP contribution in [0.5, 0.6) is 0 Å². The zero-order chi connectivity index (χ0) is 14.1. The highest BCUT2D eigenvalue weighted by molar-refractivity contribution is 5.81. The minimum Gasteiger partial charge on any atom is -0.352 e. The summed E-state index contributed by atoms with van der Waals surface area (Å²) in [5, 5.41) is 3.00. The van der Waals surface area contributed by atoms with Crippen molar-refractivity contribution in [2.45, 2.75) is 44.7 Å². The molecule has 1 aromatic rings. The van der Waals surface area contributed by atoms with Crippen molar-refractivity contribution in [3.63, 3.8) is 0 Å². The summed E-state index contributed by atoms with van der Waals surface area (Å²) in [7, 11) is 1.91. The van der Waals surface area contributed by atoms with Crippen LogP contribution in [0.3, 0.4) is 0 Å². The van der Waals surface area contributed by atoms with Gasteiger partial charge in [-0.25, -0.2) is 4.98 Å². The fraction of sp³-hybridized carbons (Fsp3) is 0.600. The Bertz CT molecular complexity index is 525. The Kier molecular flexibility index (Phi) is 3.61. The number of carbonyl (C=O) groups is 1. The van der Waals surface area contributed by atoms with Gasteiger partial charge in [-0.2, -0.15) is 0 Å². The number of rotatable bonds is 5. The molecule has 0 radical (unpaired) electrons. The highest BCUT2D eigenvalue weighted by atomic mass is 16.2. The lowest BCUT2D eigenvalue weighted by Gasteiger charge is -2.21. The van der Waals surface area contributed by atoms with Crippen LogP contribution in [0.2, 0.25) is 0 Å². The van der Waals surface area contributed by atoms with Gasteiger partial charge in [0.15, 0.2) is 0 Å². The maximum atomic E-state index is 11.9. The summed E-state index contributed by atoms with van der Waals surface area (Å²) < 4.78 is 0. The molecule has 5 nitrogen and oxygen atoms in total. The largest absolute Gasteiger partial charge is 0.352 e. The SMILES string of the molecule is CN(CC(=O)NC1CC1)c1nc2c(cc1CN)CCC2. The predicted octanol–water partition coefficient (Wildman–Crippen LogP) is 0.744. The zero-order valence-electron chi connectivity index (χ0n) is 12.0. The van der Waals surface area contributed by atoms with Crippen molar-refractivity contribution in [3.8, 4) is 0 Å². The molecule has 0 aromatic carbocycles. The third kappa shape index (κ3) is 2.77. The van der Waals surface area contributed by atoms with Crippen molar-refractivity contribution < 1.29 is 4.79 Å². The Labute approximate surface area is 119 Å². The molecule has 20 heavy (non-hydrogen) atoms. The summed E-state index contributed by atoms with van der Waals surface area (Å²) in [6.07, 6.45) is 5.53. The van der Waals surface area contributed by atoms with E-state index in [0.717, 1.165) is 37.1 Å². The Balaban J connectivity index is 1.75. The lowest BCUT2D eigenvalue weighted by atomic mass is 10.1. The van der Waals surface area contributed by atoms with E-state index < -0.39 is 0 Å². The van der Waals surface area contributed by atoms with E-state index in [-0.39, 0.29) is 5.91 Å². The Hall–Kier alpha value is -1.62.